The molecule has 0 radical (unpaired) electrons. The first-order valence-electron chi connectivity index (χ1n) is 10.9. The molecule has 1 amide bonds. The van der Waals surface area contributed by atoms with Crippen molar-refractivity contribution in [1.82, 2.24) is 14.4 Å². The number of fused-ring (bicyclic) bond motifs is 1. The van der Waals surface area contributed by atoms with Gasteiger partial charge in [-0.1, -0.05) is 54.6 Å². The van der Waals surface area contributed by atoms with Gasteiger partial charge in [0.1, 0.15) is 10.5 Å². The summed E-state index contributed by atoms with van der Waals surface area (Å²) in [5.74, 6) is 0.149. The monoisotopic (exact) mass is 429 g/mol. The number of nitrogens with zero attached hydrogens (tertiary/aromatic N) is 3. The molecule has 1 aliphatic heterocycles. The Labute approximate surface area is 187 Å². The van der Waals surface area contributed by atoms with Gasteiger partial charge >= 0.3 is 0 Å². The van der Waals surface area contributed by atoms with Crippen LogP contribution in [0.25, 0.3) is 10.2 Å². The summed E-state index contributed by atoms with van der Waals surface area (Å²) in [5, 5.41) is 3.26. The van der Waals surface area contributed by atoms with E-state index in [2.05, 4.69) is 88.5 Å². The number of amides is 1. The number of carbonyl (C=O) groups is 1. The highest BCUT2D eigenvalue weighted by Crippen LogP contribution is 2.28. The van der Waals surface area contributed by atoms with Crippen molar-refractivity contribution in [1.29, 1.82) is 0 Å². The lowest BCUT2D eigenvalue weighted by Crippen LogP contribution is -2.48. The molecular weight excluding hydrogens is 402 g/mol. The van der Waals surface area contributed by atoms with Crippen LogP contribution in [0.15, 0.2) is 72.1 Å². The fourth-order valence-corrected chi connectivity index (χ4v) is 5.28. The topological polar surface area (TPSA) is 28.5 Å². The van der Waals surface area contributed by atoms with Gasteiger partial charge in [-0.15, -0.1) is 11.3 Å². The Bertz CT molecular complexity index is 1190. The van der Waals surface area contributed by atoms with Crippen molar-refractivity contribution < 1.29 is 4.79 Å². The van der Waals surface area contributed by atoms with Crippen molar-refractivity contribution >= 4 is 27.5 Å². The number of thiophene rings is 1. The van der Waals surface area contributed by atoms with Crippen LogP contribution >= 0.6 is 11.3 Å². The van der Waals surface area contributed by atoms with E-state index in [0.29, 0.717) is 0 Å². The Morgan fingerprint density at radius 1 is 0.903 bits per heavy atom. The summed E-state index contributed by atoms with van der Waals surface area (Å²) < 4.78 is 2.21. The minimum atomic E-state index is 0.149. The van der Waals surface area contributed by atoms with E-state index in [0.717, 1.165) is 50.3 Å². The zero-order valence-electron chi connectivity index (χ0n) is 17.8. The van der Waals surface area contributed by atoms with Gasteiger partial charge in [-0.25, -0.2) is 0 Å². The molecule has 31 heavy (non-hydrogen) atoms. The van der Waals surface area contributed by atoms with E-state index in [1.807, 2.05) is 4.90 Å². The SMILES string of the molecule is Cc1ccccc1Cn1c(C(=O)N2CCN(Cc3ccccc3)CC2)cc2ccsc21. The van der Waals surface area contributed by atoms with Crippen LogP contribution < -0.4 is 0 Å². The Hall–Kier alpha value is -2.89. The first-order chi connectivity index (χ1) is 15.2. The summed E-state index contributed by atoms with van der Waals surface area (Å²) in [6, 6.07) is 23.2. The van der Waals surface area contributed by atoms with E-state index in [-0.39, 0.29) is 5.91 Å². The van der Waals surface area contributed by atoms with Gasteiger partial charge < -0.3 is 9.47 Å². The number of hydrogen-bond donors (Lipinski definition) is 0. The zero-order valence-corrected chi connectivity index (χ0v) is 18.6. The van der Waals surface area contributed by atoms with Gasteiger partial charge in [-0.2, -0.15) is 0 Å². The van der Waals surface area contributed by atoms with Crippen molar-refractivity contribution in [3.63, 3.8) is 0 Å². The number of rotatable bonds is 5. The molecule has 0 aliphatic carbocycles. The van der Waals surface area contributed by atoms with E-state index in [9.17, 15) is 4.79 Å². The molecule has 4 nitrogen and oxygen atoms in total. The van der Waals surface area contributed by atoms with Crippen LogP contribution in [-0.4, -0.2) is 46.5 Å². The predicted molar refractivity (Wildman–Crippen MR) is 128 cm³/mol. The molecule has 0 saturated carbocycles. The summed E-state index contributed by atoms with van der Waals surface area (Å²) in [7, 11) is 0. The number of benzene rings is 2. The highest BCUT2D eigenvalue weighted by atomic mass is 32.1. The molecule has 0 N–H and O–H groups in total. The molecule has 0 unspecified atom stereocenters. The van der Waals surface area contributed by atoms with Crippen LogP contribution in [0, 0.1) is 6.92 Å². The summed E-state index contributed by atoms with van der Waals surface area (Å²) in [6.07, 6.45) is 0. The normalized spacial score (nSPS) is 14.9. The molecule has 1 saturated heterocycles. The Morgan fingerprint density at radius 2 is 1.65 bits per heavy atom. The fourth-order valence-electron chi connectivity index (χ4n) is 4.38. The third kappa shape index (κ3) is 4.16. The first kappa shape index (κ1) is 20.0. The standard InChI is InChI=1S/C26H27N3OS/c1-20-7-5-6-10-23(20)19-29-24(17-22-11-16-31-26(22)29)25(30)28-14-12-27(13-15-28)18-21-8-3-2-4-9-21/h2-11,16-17H,12-15,18-19H2,1H3. The van der Waals surface area contributed by atoms with Crippen molar-refractivity contribution in [3.05, 3.63) is 94.5 Å². The third-order valence-electron chi connectivity index (χ3n) is 6.22. The van der Waals surface area contributed by atoms with E-state index < -0.39 is 0 Å². The smallest absolute Gasteiger partial charge is 0.270 e. The van der Waals surface area contributed by atoms with Crippen LogP contribution in [0.3, 0.4) is 0 Å². The average Bonchev–Trinajstić information content (AvgIpc) is 3.39. The van der Waals surface area contributed by atoms with E-state index >= 15 is 0 Å². The summed E-state index contributed by atoms with van der Waals surface area (Å²) in [4.78, 5) is 19.2. The Morgan fingerprint density at radius 3 is 2.42 bits per heavy atom. The minimum absolute atomic E-state index is 0.149. The molecule has 1 fully saturated rings. The molecule has 4 aromatic rings. The number of piperazine rings is 1. The van der Waals surface area contributed by atoms with E-state index in [1.165, 1.54) is 21.5 Å². The second-order valence-electron chi connectivity index (χ2n) is 8.28. The highest BCUT2D eigenvalue weighted by molar-refractivity contribution is 7.16. The largest absolute Gasteiger partial charge is 0.335 e. The zero-order chi connectivity index (χ0) is 21.2. The maximum Gasteiger partial charge on any atom is 0.270 e. The lowest BCUT2D eigenvalue weighted by Gasteiger charge is -2.35. The number of carbonyl (C=O) groups excluding carboxylic acids is 1. The Balaban J connectivity index is 1.33. The van der Waals surface area contributed by atoms with Crippen molar-refractivity contribution in [2.75, 3.05) is 26.2 Å². The van der Waals surface area contributed by atoms with Crippen LogP contribution in [0.5, 0.6) is 0 Å². The molecule has 0 atom stereocenters. The van der Waals surface area contributed by atoms with Crippen molar-refractivity contribution in [2.45, 2.75) is 20.0 Å². The second kappa shape index (κ2) is 8.69. The molecule has 5 heteroatoms. The van der Waals surface area contributed by atoms with Gasteiger partial charge in [0.25, 0.3) is 5.91 Å². The van der Waals surface area contributed by atoms with Gasteiger partial charge in [0.15, 0.2) is 0 Å². The van der Waals surface area contributed by atoms with Crippen molar-refractivity contribution in [2.24, 2.45) is 0 Å². The van der Waals surface area contributed by atoms with Crippen molar-refractivity contribution in [3.8, 4) is 0 Å². The quantitative estimate of drug-likeness (QED) is 0.446. The number of aromatic nitrogens is 1. The van der Waals surface area contributed by atoms with Gasteiger partial charge in [0, 0.05) is 44.7 Å². The maximum atomic E-state index is 13.5. The van der Waals surface area contributed by atoms with Gasteiger partial charge in [-0.3, -0.25) is 9.69 Å². The van der Waals surface area contributed by atoms with E-state index in [4.69, 9.17) is 0 Å². The van der Waals surface area contributed by atoms with Crippen LogP contribution in [0.4, 0.5) is 0 Å². The maximum absolute atomic E-state index is 13.5. The summed E-state index contributed by atoms with van der Waals surface area (Å²) >= 11 is 1.71. The third-order valence-corrected chi connectivity index (χ3v) is 7.17. The number of aryl methyl sites for hydroxylation is 1. The van der Waals surface area contributed by atoms with Crippen LogP contribution in [0.2, 0.25) is 0 Å². The van der Waals surface area contributed by atoms with Crippen LogP contribution in [-0.2, 0) is 13.1 Å². The molecule has 3 heterocycles. The number of hydrogen-bond acceptors (Lipinski definition) is 3. The molecule has 2 aromatic carbocycles. The second-order valence-corrected chi connectivity index (χ2v) is 9.17. The Kier molecular flexibility index (Phi) is 5.62. The molecule has 2 aromatic heterocycles. The predicted octanol–water partition coefficient (Wildman–Crippen LogP) is 5.02. The van der Waals surface area contributed by atoms with Gasteiger partial charge in [-0.05, 0) is 41.1 Å². The van der Waals surface area contributed by atoms with Gasteiger partial charge in [0.2, 0.25) is 0 Å². The fraction of sp³-hybridized carbons (Fsp3) is 0.269. The molecule has 0 bridgehead atoms. The molecule has 1 aliphatic rings. The van der Waals surface area contributed by atoms with E-state index in [1.54, 1.807) is 11.3 Å². The molecule has 5 rings (SSSR count). The lowest BCUT2D eigenvalue weighted by atomic mass is 10.1. The summed E-state index contributed by atoms with van der Waals surface area (Å²) in [6.45, 7) is 7.18. The lowest BCUT2D eigenvalue weighted by molar-refractivity contribution is 0.0619. The molecule has 158 valence electrons. The average molecular weight is 430 g/mol. The summed E-state index contributed by atoms with van der Waals surface area (Å²) in [5.41, 5.74) is 4.65. The van der Waals surface area contributed by atoms with Gasteiger partial charge in [0.05, 0.1) is 0 Å². The van der Waals surface area contributed by atoms with Crippen LogP contribution in [0.1, 0.15) is 27.2 Å². The highest BCUT2D eigenvalue weighted by Gasteiger charge is 2.26. The minimum Gasteiger partial charge on any atom is -0.335 e. The molecular formula is C26H27N3OS. The first-order valence-corrected chi connectivity index (χ1v) is 11.7. The molecule has 0 spiro atoms.